The first-order chi connectivity index (χ1) is 15.9. The molecule has 0 bridgehead atoms. The van der Waals surface area contributed by atoms with Crippen LogP contribution < -0.4 is 10.6 Å². The number of rotatable bonds is 4. The number of halogens is 4. The first-order valence-electron chi connectivity index (χ1n) is 11.0. The van der Waals surface area contributed by atoms with E-state index in [1.807, 2.05) is 0 Å². The van der Waals surface area contributed by atoms with Crippen LogP contribution >= 0.6 is 11.6 Å². The SMILES string of the molecule is CC(C)(C)c1ccc2c(c1)CCC2NC(=O)NCc1cc(C(F)(F)F)nn1-c1cccc(Cl)c1. The summed E-state index contributed by atoms with van der Waals surface area (Å²) in [5, 5.41) is 9.68. The molecule has 1 aliphatic rings. The number of carbonyl (C=O) groups is 1. The number of hydrogen-bond acceptors (Lipinski definition) is 2. The minimum atomic E-state index is -4.61. The summed E-state index contributed by atoms with van der Waals surface area (Å²) < 4.78 is 41.0. The number of fused-ring (bicyclic) bond motifs is 1. The molecule has 1 unspecified atom stereocenters. The standard InChI is InChI=1S/C25H26ClF3N4O/c1-24(2,3)16-8-9-20-15(11-16)7-10-21(20)31-23(34)30-14-19-13-22(25(27,28)29)32-33(19)18-6-4-5-17(26)12-18/h4-6,8-9,11-13,21H,7,10,14H2,1-3H3,(H2,30,31,34). The van der Waals surface area contributed by atoms with E-state index >= 15 is 0 Å². The molecule has 0 fully saturated rings. The van der Waals surface area contributed by atoms with Crippen molar-refractivity contribution in [1.29, 1.82) is 0 Å². The van der Waals surface area contributed by atoms with E-state index in [4.69, 9.17) is 11.6 Å². The molecule has 4 rings (SSSR count). The van der Waals surface area contributed by atoms with Gasteiger partial charge in [0.05, 0.1) is 24.0 Å². The number of carbonyl (C=O) groups excluding carboxylic acids is 1. The molecule has 1 aromatic heterocycles. The lowest BCUT2D eigenvalue weighted by molar-refractivity contribution is -0.141. The predicted molar refractivity (Wildman–Crippen MR) is 125 cm³/mol. The Hall–Kier alpha value is -3.00. The highest BCUT2D eigenvalue weighted by molar-refractivity contribution is 6.30. The Balaban J connectivity index is 1.47. The van der Waals surface area contributed by atoms with Crippen LogP contribution in [0.2, 0.25) is 5.02 Å². The van der Waals surface area contributed by atoms with Crippen LogP contribution in [-0.2, 0) is 24.6 Å². The van der Waals surface area contributed by atoms with Crippen molar-refractivity contribution in [2.24, 2.45) is 0 Å². The number of amides is 2. The van der Waals surface area contributed by atoms with Gasteiger partial charge in [-0.05, 0) is 59.2 Å². The molecule has 2 N–H and O–H groups in total. The quantitative estimate of drug-likeness (QED) is 0.449. The maximum atomic E-state index is 13.3. The smallest absolute Gasteiger partial charge is 0.332 e. The monoisotopic (exact) mass is 490 g/mol. The molecule has 5 nitrogen and oxygen atoms in total. The third kappa shape index (κ3) is 5.22. The number of aromatic nitrogens is 2. The highest BCUT2D eigenvalue weighted by Crippen LogP contribution is 2.34. The van der Waals surface area contributed by atoms with Crippen molar-refractivity contribution < 1.29 is 18.0 Å². The Bertz CT molecular complexity index is 1210. The van der Waals surface area contributed by atoms with Gasteiger partial charge in [0, 0.05) is 5.02 Å². The molecule has 0 saturated carbocycles. The van der Waals surface area contributed by atoms with Crippen LogP contribution in [-0.4, -0.2) is 15.8 Å². The largest absolute Gasteiger partial charge is 0.435 e. The van der Waals surface area contributed by atoms with Gasteiger partial charge in [-0.15, -0.1) is 0 Å². The van der Waals surface area contributed by atoms with Crippen molar-refractivity contribution in [3.8, 4) is 5.69 Å². The molecule has 1 heterocycles. The number of benzene rings is 2. The van der Waals surface area contributed by atoms with E-state index in [0.29, 0.717) is 10.7 Å². The summed E-state index contributed by atoms with van der Waals surface area (Å²) in [5.41, 5.74) is 3.10. The van der Waals surface area contributed by atoms with E-state index in [2.05, 4.69) is 54.7 Å². The zero-order valence-electron chi connectivity index (χ0n) is 19.1. The fourth-order valence-electron chi connectivity index (χ4n) is 4.13. The average Bonchev–Trinajstić information content (AvgIpc) is 3.36. The lowest BCUT2D eigenvalue weighted by Gasteiger charge is -2.21. The van der Waals surface area contributed by atoms with Crippen molar-refractivity contribution in [3.63, 3.8) is 0 Å². The molecular weight excluding hydrogens is 465 g/mol. The van der Waals surface area contributed by atoms with Gasteiger partial charge in [0.25, 0.3) is 0 Å². The van der Waals surface area contributed by atoms with Crippen molar-refractivity contribution in [3.05, 3.63) is 81.6 Å². The maximum absolute atomic E-state index is 13.3. The number of nitrogens with zero attached hydrogens (tertiary/aromatic N) is 2. The number of urea groups is 1. The van der Waals surface area contributed by atoms with Crippen molar-refractivity contribution in [2.75, 3.05) is 0 Å². The maximum Gasteiger partial charge on any atom is 0.435 e. The van der Waals surface area contributed by atoms with Crippen molar-refractivity contribution in [1.82, 2.24) is 20.4 Å². The Morgan fingerprint density at radius 1 is 1.15 bits per heavy atom. The molecule has 0 aliphatic heterocycles. The Labute approximate surface area is 201 Å². The molecule has 34 heavy (non-hydrogen) atoms. The van der Waals surface area contributed by atoms with Crippen LogP contribution in [0.25, 0.3) is 5.69 Å². The van der Waals surface area contributed by atoms with E-state index in [-0.39, 0.29) is 23.7 Å². The summed E-state index contributed by atoms with van der Waals surface area (Å²) in [7, 11) is 0. The molecule has 0 radical (unpaired) electrons. The van der Waals surface area contributed by atoms with Crippen LogP contribution in [0.5, 0.6) is 0 Å². The van der Waals surface area contributed by atoms with Gasteiger partial charge in [-0.1, -0.05) is 56.6 Å². The second-order valence-electron chi connectivity index (χ2n) is 9.49. The third-order valence-electron chi connectivity index (χ3n) is 5.95. The van der Waals surface area contributed by atoms with E-state index in [0.717, 1.165) is 29.2 Å². The zero-order valence-corrected chi connectivity index (χ0v) is 19.9. The van der Waals surface area contributed by atoms with Crippen molar-refractivity contribution in [2.45, 2.75) is 57.8 Å². The molecule has 2 aromatic carbocycles. The molecule has 9 heteroatoms. The van der Waals surface area contributed by atoms with Crippen LogP contribution in [0.4, 0.5) is 18.0 Å². The first kappa shape index (κ1) is 24.1. The lowest BCUT2D eigenvalue weighted by Crippen LogP contribution is -2.37. The number of aryl methyl sites for hydroxylation is 1. The first-order valence-corrected chi connectivity index (χ1v) is 11.4. The molecule has 1 atom stereocenters. The minimum absolute atomic E-state index is 0.0408. The minimum Gasteiger partial charge on any atom is -0.332 e. The van der Waals surface area contributed by atoms with Crippen LogP contribution in [0, 0.1) is 0 Å². The van der Waals surface area contributed by atoms with E-state index < -0.39 is 17.9 Å². The Morgan fingerprint density at radius 3 is 2.59 bits per heavy atom. The van der Waals surface area contributed by atoms with Gasteiger partial charge < -0.3 is 10.6 Å². The molecular formula is C25H26ClF3N4O. The summed E-state index contributed by atoms with van der Waals surface area (Å²) in [5.74, 6) is 0. The average molecular weight is 491 g/mol. The topological polar surface area (TPSA) is 59.0 Å². The second kappa shape index (κ2) is 8.98. The highest BCUT2D eigenvalue weighted by atomic mass is 35.5. The molecule has 3 aromatic rings. The summed E-state index contributed by atoms with van der Waals surface area (Å²) >= 11 is 6.00. The van der Waals surface area contributed by atoms with Gasteiger partial charge >= 0.3 is 12.2 Å². The van der Waals surface area contributed by atoms with Gasteiger partial charge in [0.2, 0.25) is 0 Å². The van der Waals surface area contributed by atoms with E-state index in [9.17, 15) is 18.0 Å². The molecule has 0 spiro atoms. The summed E-state index contributed by atoms with van der Waals surface area (Å²) in [6.07, 6.45) is -2.98. The highest BCUT2D eigenvalue weighted by Gasteiger charge is 2.35. The van der Waals surface area contributed by atoms with Gasteiger partial charge in [0.1, 0.15) is 0 Å². The zero-order chi connectivity index (χ0) is 24.7. The predicted octanol–water partition coefficient (Wildman–Crippen LogP) is 6.33. The van der Waals surface area contributed by atoms with Crippen LogP contribution in [0.15, 0.2) is 48.5 Å². The molecule has 1 aliphatic carbocycles. The number of alkyl halides is 3. The normalized spacial score (nSPS) is 15.8. The van der Waals surface area contributed by atoms with Gasteiger partial charge in [-0.25, -0.2) is 9.48 Å². The Kier molecular flexibility index (Phi) is 6.38. The fourth-order valence-corrected chi connectivity index (χ4v) is 4.31. The fraction of sp³-hybridized carbons (Fsp3) is 0.360. The number of hydrogen-bond donors (Lipinski definition) is 2. The lowest BCUT2D eigenvalue weighted by atomic mass is 9.85. The second-order valence-corrected chi connectivity index (χ2v) is 9.93. The van der Waals surface area contributed by atoms with Gasteiger partial charge in [-0.3, -0.25) is 0 Å². The summed E-state index contributed by atoms with van der Waals surface area (Å²) in [4.78, 5) is 12.6. The molecule has 180 valence electrons. The molecule has 0 saturated heterocycles. The summed E-state index contributed by atoms with van der Waals surface area (Å²) in [6.45, 7) is 6.34. The molecule has 2 amide bonds. The van der Waals surface area contributed by atoms with E-state index in [1.165, 1.54) is 17.2 Å². The number of nitrogens with one attached hydrogen (secondary N) is 2. The van der Waals surface area contributed by atoms with Crippen molar-refractivity contribution >= 4 is 17.6 Å². The van der Waals surface area contributed by atoms with Crippen LogP contribution in [0.1, 0.15) is 61.3 Å². The van der Waals surface area contributed by atoms with Gasteiger partial charge in [0.15, 0.2) is 5.69 Å². The summed E-state index contributed by atoms with van der Waals surface area (Å²) in [6, 6.07) is 13.0. The third-order valence-corrected chi connectivity index (χ3v) is 6.18. The van der Waals surface area contributed by atoms with E-state index in [1.54, 1.807) is 18.2 Å². The van der Waals surface area contributed by atoms with Gasteiger partial charge in [-0.2, -0.15) is 18.3 Å². The van der Waals surface area contributed by atoms with Crippen LogP contribution in [0.3, 0.4) is 0 Å². The Morgan fingerprint density at radius 2 is 1.91 bits per heavy atom.